The van der Waals surface area contributed by atoms with Crippen LogP contribution < -0.4 is 10.6 Å². The molecular weight excluding hydrogens is 436 g/mol. The highest BCUT2D eigenvalue weighted by Gasteiger charge is 2.34. The quantitative estimate of drug-likeness (QED) is 0.436. The van der Waals surface area contributed by atoms with Gasteiger partial charge in [0.2, 0.25) is 5.95 Å². The minimum Gasteiger partial charge on any atom is -0.462 e. The molecule has 4 rings (SSSR count). The Morgan fingerprint density at radius 1 is 1.24 bits per heavy atom. The Bertz CT molecular complexity index is 1200. The number of hydrogen-bond donors (Lipinski definition) is 3. The summed E-state index contributed by atoms with van der Waals surface area (Å²) in [7, 11) is 0. The maximum absolute atomic E-state index is 13.5. The van der Waals surface area contributed by atoms with E-state index in [1.807, 2.05) is 13.0 Å². The number of fused-ring (bicyclic) bond motifs is 1. The number of anilines is 2. The van der Waals surface area contributed by atoms with Crippen LogP contribution in [0.15, 0.2) is 60.1 Å². The largest absolute Gasteiger partial charge is 0.462 e. The zero-order valence-corrected chi connectivity index (χ0v) is 19.0. The van der Waals surface area contributed by atoms with E-state index in [0.29, 0.717) is 53.7 Å². The Hall–Kier alpha value is -4.05. The molecule has 0 fully saturated rings. The molecule has 1 aliphatic rings. The Balaban J connectivity index is 1.64. The lowest BCUT2D eigenvalue weighted by atomic mass is 9.96. The van der Waals surface area contributed by atoms with Crippen LogP contribution in [0.25, 0.3) is 0 Å². The van der Waals surface area contributed by atoms with Gasteiger partial charge in [0.25, 0.3) is 5.91 Å². The fourth-order valence-corrected chi connectivity index (χ4v) is 3.78. The highest BCUT2D eigenvalue weighted by molar-refractivity contribution is 6.06. The van der Waals surface area contributed by atoms with E-state index in [2.05, 4.69) is 25.7 Å². The van der Waals surface area contributed by atoms with Gasteiger partial charge in [0.15, 0.2) is 5.82 Å². The van der Waals surface area contributed by atoms with E-state index < -0.39 is 12.0 Å². The second-order valence-electron chi connectivity index (χ2n) is 7.73. The van der Waals surface area contributed by atoms with Crippen LogP contribution in [0.4, 0.5) is 11.6 Å². The van der Waals surface area contributed by atoms with Crippen molar-refractivity contribution in [2.24, 2.45) is 0 Å². The number of rotatable bonds is 8. The summed E-state index contributed by atoms with van der Waals surface area (Å²) in [6, 6.07) is 9.67. The van der Waals surface area contributed by atoms with Crippen molar-refractivity contribution < 1.29 is 19.4 Å². The van der Waals surface area contributed by atoms with Crippen LogP contribution in [0.3, 0.4) is 0 Å². The van der Waals surface area contributed by atoms with E-state index >= 15 is 0 Å². The van der Waals surface area contributed by atoms with Crippen LogP contribution in [-0.4, -0.2) is 49.9 Å². The molecule has 0 radical (unpaired) electrons. The first-order chi connectivity index (χ1) is 16.5. The number of hydrogen-bond acceptors (Lipinski definition) is 8. The maximum Gasteiger partial charge on any atom is 0.338 e. The number of aliphatic hydroxyl groups excluding tert-OH is 1. The number of aromatic nitrogens is 4. The standard InChI is InChI=1S/C24H26N6O4/c1-3-34-23(33)16-8-10-18(11-9-16)27-22(32)20-15(2)26-24-28-19(7-5-13-31)29-30(24)21(20)17-6-4-12-25-14-17/h4,6,8-12,14,21,31H,3,5,7,13H2,1-2H3,(H,27,32)(H,26,28,29). The molecule has 10 heteroatoms. The molecule has 3 heterocycles. The van der Waals surface area contributed by atoms with E-state index in [4.69, 9.17) is 9.84 Å². The molecule has 1 unspecified atom stereocenters. The number of carbonyl (C=O) groups excluding carboxylic acids is 2. The van der Waals surface area contributed by atoms with Gasteiger partial charge in [0.1, 0.15) is 6.04 Å². The summed E-state index contributed by atoms with van der Waals surface area (Å²) < 4.78 is 6.68. The van der Waals surface area contributed by atoms with Crippen LogP contribution in [0.2, 0.25) is 0 Å². The van der Waals surface area contributed by atoms with Gasteiger partial charge in [-0.3, -0.25) is 9.78 Å². The number of pyridine rings is 1. The molecule has 34 heavy (non-hydrogen) atoms. The average molecular weight is 463 g/mol. The second-order valence-corrected chi connectivity index (χ2v) is 7.73. The van der Waals surface area contributed by atoms with E-state index in [-0.39, 0.29) is 12.5 Å². The SMILES string of the molecule is CCOC(=O)c1ccc(NC(=O)C2=C(C)Nc3nc(CCCO)nn3C2c2cccnc2)cc1. The number of nitrogens with zero attached hydrogens (tertiary/aromatic N) is 4. The number of carbonyl (C=O) groups is 2. The molecule has 3 N–H and O–H groups in total. The van der Waals surface area contributed by atoms with Crippen LogP contribution >= 0.6 is 0 Å². The molecule has 176 valence electrons. The summed E-state index contributed by atoms with van der Waals surface area (Å²) in [6.45, 7) is 3.89. The number of ether oxygens (including phenoxy) is 1. The van der Waals surface area contributed by atoms with Crippen molar-refractivity contribution in [2.75, 3.05) is 23.8 Å². The molecule has 1 atom stereocenters. The lowest BCUT2D eigenvalue weighted by molar-refractivity contribution is -0.113. The molecule has 1 aliphatic heterocycles. The van der Waals surface area contributed by atoms with Crippen LogP contribution in [0.5, 0.6) is 0 Å². The summed E-state index contributed by atoms with van der Waals surface area (Å²) in [6.07, 6.45) is 4.43. The number of aliphatic hydroxyl groups is 1. The van der Waals surface area contributed by atoms with Crippen LogP contribution in [0.1, 0.15) is 48.1 Å². The van der Waals surface area contributed by atoms with Gasteiger partial charge in [-0.1, -0.05) is 6.07 Å². The third kappa shape index (κ3) is 4.81. The molecule has 10 nitrogen and oxygen atoms in total. The van der Waals surface area contributed by atoms with Crippen molar-refractivity contribution in [1.29, 1.82) is 0 Å². The Morgan fingerprint density at radius 3 is 2.71 bits per heavy atom. The fraction of sp³-hybridized carbons (Fsp3) is 0.292. The normalized spacial score (nSPS) is 14.9. The number of esters is 1. The Kier molecular flexibility index (Phi) is 6.98. The Labute approximate surface area is 196 Å². The van der Waals surface area contributed by atoms with Crippen molar-refractivity contribution in [3.63, 3.8) is 0 Å². The van der Waals surface area contributed by atoms with Crippen molar-refractivity contribution in [1.82, 2.24) is 19.7 Å². The van der Waals surface area contributed by atoms with Gasteiger partial charge in [-0.25, -0.2) is 9.48 Å². The van der Waals surface area contributed by atoms with Gasteiger partial charge in [0, 0.05) is 36.8 Å². The molecule has 3 aromatic rings. The van der Waals surface area contributed by atoms with E-state index in [9.17, 15) is 9.59 Å². The minimum absolute atomic E-state index is 0.0449. The first-order valence-corrected chi connectivity index (χ1v) is 11.0. The zero-order chi connectivity index (χ0) is 24.1. The smallest absolute Gasteiger partial charge is 0.338 e. The number of amides is 1. The highest BCUT2D eigenvalue weighted by atomic mass is 16.5. The zero-order valence-electron chi connectivity index (χ0n) is 19.0. The fourth-order valence-electron chi connectivity index (χ4n) is 3.78. The average Bonchev–Trinajstić information content (AvgIpc) is 3.25. The van der Waals surface area contributed by atoms with Crippen molar-refractivity contribution in [2.45, 2.75) is 32.7 Å². The minimum atomic E-state index is -0.542. The maximum atomic E-state index is 13.5. The molecule has 0 spiro atoms. The third-order valence-corrected chi connectivity index (χ3v) is 5.35. The summed E-state index contributed by atoms with van der Waals surface area (Å²) in [5.41, 5.74) is 2.84. The van der Waals surface area contributed by atoms with Crippen LogP contribution in [-0.2, 0) is 16.0 Å². The van der Waals surface area contributed by atoms with Crippen molar-refractivity contribution in [3.8, 4) is 0 Å². The number of benzene rings is 1. The first-order valence-electron chi connectivity index (χ1n) is 11.0. The number of allylic oxidation sites excluding steroid dienone is 1. The Morgan fingerprint density at radius 2 is 2.03 bits per heavy atom. The molecular formula is C24H26N6O4. The lowest BCUT2D eigenvalue weighted by Crippen LogP contribution is -2.31. The lowest BCUT2D eigenvalue weighted by Gasteiger charge is -2.28. The highest BCUT2D eigenvalue weighted by Crippen LogP contribution is 2.35. The molecule has 1 aromatic carbocycles. The van der Waals surface area contributed by atoms with Gasteiger partial charge < -0.3 is 20.5 Å². The topological polar surface area (TPSA) is 131 Å². The van der Waals surface area contributed by atoms with Gasteiger partial charge >= 0.3 is 5.97 Å². The molecule has 1 amide bonds. The van der Waals surface area contributed by atoms with E-state index in [1.165, 1.54) is 0 Å². The summed E-state index contributed by atoms with van der Waals surface area (Å²) in [4.78, 5) is 34.1. The first kappa shape index (κ1) is 23.1. The molecule has 0 bridgehead atoms. The third-order valence-electron chi connectivity index (χ3n) is 5.35. The second kappa shape index (κ2) is 10.3. The van der Waals surface area contributed by atoms with Gasteiger partial charge in [-0.15, -0.1) is 0 Å². The van der Waals surface area contributed by atoms with Gasteiger partial charge in [-0.05, 0) is 56.2 Å². The monoisotopic (exact) mass is 462 g/mol. The predicted molar refractivity (Wildman–Crippen MR) is 125 cm³/mol. The van der Waals surface area contributed by atoms with E-state index in [0.717, 1.165) is 5.56 Å². The molecule has 0 saturated carbocycles. The van der Waals surface area contributed by atoms with Gasteiger partial charge in [0.05, 0.1) is 17.7 Å². The summed E-state index contributed by atoms with van der Waals surface area (Å²) >= 11 is 0. The number of nitrogens with one attached hydrogen (secondary N) is 2. The summed E-state index contributed by atoms with van der Waals surface area (Å²) in [5, 5.41) is 19.8. The predicted octanol–water partition coefficient (Wildman–Crippen LogP) is 2.70. The summed E-state index contributed by atoms with van der Waals surface area (Å²) in [5.74, 6) is 0.368. The number of aryl methyl sites for hydroxylation is 1. The molecule has 2 aromatic heterocycles. The molecule has 0 saturated heterocycles. The van der Waals surface area contributed by atoms with Crippen molar-refractivity contribution >= 4 is 23.5 Å². The van der Waals surface area contributed by atoms with Gasteiger partial charge in [-0.2, -0.15) is 10.1 Å². The molecule has 0 aliphatic carbocycles. The van der Waals surface area contributed by atoms with E-state index in [1.54, 1.807) is 54.3 Å². The van der Waals surface area contributed by atoms with Crippen molar-refractivity contribution in [3.05, 3.63) is 77.0 Å². The van der Waals surface area contributed by atoms with Crippen LogP contribution in [0, 0.1) is 0 Å².